The lowest BCUT2D eigenvalue weighted by molar-refractivity contribution is -0.0839. The summed E-state index contributed by atoms with van der Waals surface area (Å²) in [6, 6.07) is 13.0. The van der Waals surface area contributed by atoms with E-state index in [-0.39, 0.29) is 17.2 Å². The maximum atomic E-state index is 14.7. The number of alkyl halides is 2. The van der Waals surface area contributed by atoms with Gasteiger partial charge in [0.1, 0.15) is 93.6 Å². The minimum atomic E-state index is -5.17. The van der Waals surface area contributed by atoms with Gasteiger partial charge in [0, 0.05) is 0 Å². The number of benzene rings is 4. The summed E-state index contributed by atoms with van der Waals surface area (Å²) in [5.74, 6) is -6.27. The van der Waals surface area contributed by atoms with Gasteiger partial charge in [-0.15, -0.1) is 0 Å². The molecule has 0 radical (unpaired) electrons. The Bertz CT molecular complexity index is 2470. The number of rotatable bonds is 20. The fraction of sp³-hybridized carbons (Fsp3) is 0.317. The minimum Gasteiger partial charge on any atom is -0.448 e. The Morgan fingerprint density at radius 3 is 0.953 bits per heavy atom. The SMILES string of the molecule is BCc1cc(CB)c(OC(=O)c2cc(C(=O)Oc3c(CB)cc(CB)cc3CB)c(C(=O)OC(C)(CS(=O)(=O)O)C(F)F)cc2C(=O)Oc2c(CB)cc(CB)cc2CB)c(CB)c1. The molecule has 0 aliphatic carbocycles. The van der Waals surface area contributed by atoms with E-state index >= 15 is 0 Å². The van der Waals surface area contributed by atoms with Crippen LogP contribution in [0.3, 0.4) is 0 Å². The molecule has 328 valence electrons. The van der Waals surface area contributed by atoms with E-state index in [1.165, 1.54) is 0 Å². The molecule has 1 atom stereocenters. The predicted molar refractivity (Wildman–Crippen MR) is 267 cm³/mol. The standard InChI is InChI=1S/C41H51B9F2O11S/c1-41(40(51)52,19-64(57,58)59)63-39(56)32-9-30(37(54)61-34-25(15-47)4-21(11-43)5-26(34)16-48)29(36(53)60-33-23(13-45)2-20(10-42)3-24(33)14-46)8-31(32)38(55)62-35-27(17-49)6-22(12-44)7-28(35)18-50/h2-9,40H,10-19,42-50H2,1H3,(H,57,58,59). The quantitative estimate of drug-likeness (QED) is 0.0437. The van der Waals surface area contributed by atoms with E-state index in [0.29, 0.717) is 97.2 Å². The average molecular weight is 887 g/mol. The van der Waals surface area contributed by atoms with Gasteiger partial charge in [0.05, 0.1) is 22.3 Å². The fourth-order valence-electron chi connectivity index (χ4n) is 7.55. The van der Waals surface area contributed by atoms with Crippen LogP contribution < -0.4 is 14.2 Å². The zero-order valence-electron chi connectivity index (χ0n) is 38.5. The molecule has 4 aromatic rings. The predicted octanol–water partition coefficient (Wildman–Crippen LogP) is -2.39. The van der Waals surface area contributed by atoms with Crippen molar-refractivity contribution in [1.29, 1.82) is 0 Å². The highest BCUT2D eigenvalue weighted by Gasteiger charge is 2.44. The fourth-order valence-corrected chi connectivity index (χ4v) is 8.45. The van der Waals surface area contributed by atoms with Crippen LogP contribution in [0.2, 0.25) is 0 Å². The van der Waals surface area contributed by atoms with Crippen LogP contribution in [0.25, 0.3) is 0 Å². The Morgan fingerprint density at radius 2 is 0.750 bits per heavy atom. The van der Waals surface area contributed by atoms with E-state index in [1.807, 2.05) is 107 Å². The maximum absolute atomic E-state index is 14.7. The van der Waals surface area contributed by atoms with Crippen molar-refractivity contribution in [2.45, 2.75) is 75.8 Å². The first-order valence-electron chi connectivity index (χ1n) is 22.0. The molecule has 0 saturated carbocycles. The number of esters is 4. The Hall–Kier alpha value is -4.89. The number of hydrogen-bond acceptors (Lipinski definition) is 10. The van der Waals surface area contributed by atoms with E-state index in [2.05, 4.69) is 0 Å². The van der Waals surface area contributed by atoms with E-state index in [0.717, 1.165) is 28.8 Å². The summed E-state index contributed by atoms with van der Waals surface area (Å²) in [4.78, 5) is 58.2. The smallest absolute Gasteiger partial charge is 0.344 e. The van der Waals surface area contributed by atoms with Crippen molar-refractivity contribution >= 4 is 105 Å². The van der Waals surface area contributed by atoms with E-state index in [9.17, 15) is 40.9 Å². The molecular weight excluding hydrogens is 836 g/mol. The molecule has 0 heterocycles. The highest BCUT2D eigenvalue weighted by atomic mass is 32.2. The normalized spacial score (nSPS) is 12.3. The van der Waals surface area contributed by atoms with Crippen LogP contribution >= 0.6 is 0 Å². The zero-order chi connectivity index (χ0) is 47.7. The highest BCUT2D eigenvalue weighted by molar-refractivity contribution is 7.85. The van der Waals surface area contributed by atoms with E-state index in [1.54, 1.807) is 0 Å². The molecule has 23 heteroatoms. The Morgan fingerprint density at radius 1 is 0.500 bits per heavy atom. The van der Waals surface area contributed by atoms with Crippen molar-refractivity contribution in [2.24, 2.45) is 0 Å². The largest absolute Gasteiger partial charge is 0.448 e. The summed E-state index contributed by atoms with van der Waals surface area (Å²) in [5, 5.41) is 0. The maximum Gasteiger partial charge on any atom is 0.344 e. The van der Waals surface area contributed by atoms with Crippen LogP contribution in [0.4, 0.5) is 8.78 Å². The van der Waals surface area contributed by atoms with Gasteiger partial charge in [0.2, 0.25) is 0 Å². The number of carbonyl (C=O) groups excluding carboxylic acids is 4. The third-order valence-corrected chi connectivity index (χ3v) is 12.2. The molecule has 64 heavy (non-hydrogen) atoms. The molecule has 4 aromatic carbocycles. The molecule has 0 aliphatic heterocycles. The molecule has 4 rings (SSSR count). The van der Waals surface area contributed by atoms with Crippen LogP contribution in [0.1, 0.15) is 98.4 Å². The summed E-state index contributed by atoms with van der Waals surface area (Å²) in [6.07, 6.45) is 1.13. The van der Waals surface area contributed by atoms with Gasteiger partial charge in [-0.2, -0.15) is 8.42 Å². The number of carbonyl (C=O) groups is 4. The molecule has 1 N–H and O–H groups in total. The molecule has 0 bridgehead atoms. The van der Waals surface area contributed by atoms with Gasteiger partial charge >= 0.3 is 23.9 Å². The summed E-state index contributed by atoms with van der Waals surface area (Å²) in [6.45, 7) is 0.595. The summed E-state index contributed by atoms with van der Waals surface area (Å²) < 4.78 is 85.9. The van der Waals surface area contributed by atoms with Gasteiger partial charge in [-0.1, -0.05) is 110 Å². The van der Waals surface area contributed by atoms with Crippen LogP contribution in [0.15, 0.2) is 48.5 Å². The molecule has 0 spiro atoms. The van der Waals surface area contributed by atoms with Gasteiger partial charge < -0.3 is 18.9 Å². The Kier molecular flexibility index (Phi) is 18.1. The van der Waals surface area contributed by atoms with Crippen molar-refractivity contribution in [3.63, 3.8) is 0 Å². The molecule has 0 amide bonds. The average Bonchev–Trinajstić information content (AvgIpc) is 3.27. The highest BCUT2D eigenvalue weighted by Crippen LogP contribution is 2.34. The van der Waals surface area contributed by atoms with Crippen molar-refractivity contribution < 1.29 is 59.9 Å². The first kappa shape index (κ1) is 51.7. The van der Waals surface area contributed by atoms with Crippen LogP contribution in [-0.2, 0) is 71.7 Å². The molecular formula is C41H51B9F2O11S. The van der Waals surface area contributed by atoms with Crippen LogP contribution in [-0.4, -0.2) is 125 Å². The lowest BCUT2D eigenvalue weighted by Crippen LogP contribution is -2.45. The number of hydrogen-bond donors (Lipinski definition) is 1. The number of ether oxygens (including phenoxy) is 4. The Balaban J connectivity index is 2.09. The topological polar surface area (TPSA) is 160 Å². The van der Waals surface area contributed by atoms with Crippen molar-refractivity contribution in [1.82, 2.24) is 0 Å². The zero-order valence-corrected chi connectivity index (χ0v) is 39.3. The molecule has 11 nitrogen and oxygen atoms in total. The molecule has 1 unspecified atom stereocenters. The second kappa shape index (κ2) is 22.3. The first-order chi connectivity index (χ1) is 30.2. The van der Waals surface area contributed by atoms with Gasteiger partial charge in [-0.05, 0) is 52.4 Å². The Labute approximate surface area is 382 Å². The summed E-state index contributed by atoms with van der Waals surface area (Å²) in [5.41, 5.74) is 1.23. The molecule has 0 saturated heterocycles. The van der Waals surface area contributed by atoms with Crippen LogP contribution in [0, 0.1) is 0 Å². The van der Waals surface area contributed by atoms with Gasteiger partial charge in [-0.25, -0.2) is 28.0 Å². The lowest BCUT2D eigenvalue weighted by atomic mass is 9.85. The molecule has 0 aromatic heterocycles. The lowest BCUT2D eigenvalue weighted by Gasteiger charge is -2.28. The summed E-state index contributed by atoms with van der Waals surface area (Å²) >= 11 is 0. The van der Waals surface area contributed by atoms with Crippen LogP contribution in [0.5, 0.6) is 17.2 Å². The molecule has 0 fully saturated rings. The van der Waals surface area contributed by atoms with Gasteiger partial charge in [0.15, 0.2) is 5.60 Å². The van der Waals surface area contributed by atoms with Crippen molar-refractivity contribution in [3.8, 4) is 17.2 Å². The van der Waals surface area contributed by atoms with E-state index in [4.69, 9.17) is 18.9 Å². The second-order valence-corrected chi connectivity index (χ2v) is 17.2. The van der Waals surface area contributed by atoms with E-state index < -0.39 is 74.0 Å². The van der Waals surface area contributed by atoms with Gasteiger partial charge in [-0.3, -0.25) is 4.55 Å². The third-order valence-electron chi connectivity index (χ3n) is 11.3. The first-order valence-corrected chi connectivity index (χ1v) is 23.6. The minimum absolute atomic E-state index is 0.175. The number of halogens is 2. The monoisotopic (exact) mass is 888 g/mol. The molecule has 0 aliphatic rings. The third kappa shape index (κ3) is 12.1. The second-order valence-electron chi connectivity index (χ2n) is 15.8. The van der Waals surface area contributed by atoms with Crippen molar-refractivity contribution in [2.75, 3.05) is 5.75 Å². The summed E-state index contributed by atoms with van der Waals surface area (Å²) in [7, 11) is 12.0. The van der Waals surface area contributed by atoms with Gasteiger partial charge in [0.25, 0.3) is 16.5 Å². The van der Waals surface area contributed by atoms with Crippen molar-refractivity contribution in [3.05, 3.63) is 121 Å².